The van der Waals surface area contributed by atoms with Crippen LogP contribution in [-0.2, 0) is 14.6 Å². The Bertz CT molecular complexity index is 1040. The van der Waals surface area contributed by atoms with E-state index in [2.05, 4.69) is 10.3 Å². The molecule has 0 fully saturated rings. The first-order chi connectivity index (χ1) is 12.3. The van der Waals surface area contributed by atoms with Crippen LogP contribution in [0.2, 0.25) is 0 Å². The molecule has 0 atom stereocenters. The molecular formula is C18H17FN2O3S2. The van der Waals surface area contributed by atoms with Crippen LogP contribution in [0.5, 0.6) is 0 Å². The summed E-state index contributed by atoms with van der Waals surface area (Å²) in [5, 5.41) is 3.01. The number of halogens is 1. The van der Waals surface area contributed by atoms with Gasteiger partial charge in [-0.3, -0.25) is 4.79 Å². The van der Waals surface area contributed by atoms with E-state index in [-0.39, 0.29) is 35.2 Å². The molecule has 2 aromatic carbocycles. The minimum Gasteiger partial charge on any atom is -0.302 e. The van der Waals surface area contributed by atoms with E-state index in [0.29, 0.717) is 15.3 Å². The van der Waals surface area contributed by atoms with Gasteiger partial charge in [0.1, 0.15) is 5.82 Å². The predicted octanol–water partition coefficient (Wildman–Crippen LogP) is 3.94. The Labute approximate surface area is 154 Å². The maximum absolute atomic E-state index is 13.2. The molecule has 0 saturated carbocycles. The quantitative estimate of drug-likeness (QED) is 0.689. The van der Waals surface area contributed by atoms with Crippen molar-refractivity contribution in [2.45, 2.75) is 24.7 Å². The zero-order valence-corrected chi connectivity index (χ0v) is 15.7. The van der Waals surface area contributed by atoms with E-state index < -0.39 is 9.84 Å². The lowest BCUT2D eigenvalue weighted by molar-refractivity contribution is -0.116. The Morgan fingerprint density at radius 2 is 1.92 bits per heavy atom. The van der Waals surface area contributed by atoms with Crippen LogP contribution >= 0.6 is 11.3 Å². The summed E-state index contributed by atoms with van der Waals surface area (Å²) < 4.78 is 38.3. The van der Waals surface area contributed by atoms with Gasteiger partial charge in [-0.2, -0.15) is 0 Å². The summed E-state index contributed by atoms with van der Waals surface area (Å²) in [5.41, 5.74) is 1.59. The molecule has 0 radical (unpaired) electrons. The largest absolute Gasteiger partial charge is 0.302 e. The molecule has 1 N–H and O–H groups in total. The van der Waals surface area contributed by atoms with Crippen molar-refractivity contribution in [3.05, 3.63) is 53.8 Å². The molecule has 3 aromatic rings. The maximum Gasteiger partial charge on any atom is 0.226 e. The minimum atomic E-state index is -3.41. The van der Waals surface area contributed by atoms with Gasteiger partial charge in [0.15, 0.2) is 15.0 Å². The van der Waals surface area contributed by atoms with E-state index >= 15 is 0 Å². The molecule has 0 spiro atoms. The van der Waals surface area contributed by atoms with E-state index in [1.165, 1.54) is 23.5 Å². The highest BCUT2D eigenvalue weighted by molar-refractivity contribution is 7.91. The van der Waals surface area contributed by atoms with Gasteiger partial charge in [-0.15, -0.1) is 0 Å². The Kier molecular flexibility index (Phi) is 5.33. The zero-order valence-electron chi connectivity index (χ0n) is 14.0. The smallest absolute Gasteiger partial charge is 0.226 e. The fourth-order valence-electron chi connectivity index (χ4n) is 2.42. The number of amides is 1. The van der Waals surface area contributed by atoms with Gasteiger partial charge in [0.05, 0.1) is 20.9 Å². The summed E-state index contributed by atoms with van der Waals surface area (Å²) in [6, 6.07) is 10.9. The first-order valence-electron chi connectivity index (χ1n) is 7.99. The first kappa shape index (κ1) is 18.5. The van der Waals surface area contributed by atoms with E-state index in [9.17, 15) is 17.6 Å². The number of benzene rings is 2. The van der Waals surface area contributed by atoms with Crippen LogP contribution in [0.25, 0.3) is 10.2 Å². The number of nitrogens with one attached hydrogen (secondary N) is 1. The third-order valence-electron chi connectivity index (χ3n) is 3.79. The fraction of sp³-hybridized carbons (Fsp3) is 0.222. The number of carbonyl (C=O) groups is 1. The van der Waals surface area contributed by atoms with E-state index in [0.717, 1.165) is 5.56 Å². The van der Waals surface area contributed by atoms with Crippen LogP contribution in [0, 0.1) is 12.7 Å². The van der Waals surface area contributed by atoms with Gasteiger partial charge in [-0.05, 0) is 43.7 Å². The fourth-order valence-corrected chi connectivity index (χ4v) is 4.64. The molecule has 5 nitrogen and oxygen atoms in total. The van der Waals surface area contributed by atoms with Crippen LogP contribution in [0.1, 0.15) is 18.4 Å². The minimum absolute atomic E-state index is 0.0649. The number of thiazole rings is 1. The molecule has 0 unspecified atom stereocenters. The Hall–Kier alpha value is -2.32. The average molecular weight is 392 g/mol. The molecule has 136 valence electrons. The van der Waals surface area contributed by atoms with E-state index in [1.54, 1.807) is 30.3 Å². The number of nitrogens with zero attached hydrogens (tertiary/aromatic N) is 1. The summed E-state index contributed by atoms with van der Waals surface area (Å²) in [6.07, 6.45) is 0.275. The summed E-state index contributed by atoms with van der Waals surface area (Å²) in [4.78, 5) is 16.5. The van der Waals surface area contributed by atoms with E-state index in [1.807, 2.05) is 6.92 Å². The SMILES string of the molecule is Cc1ccc(S(=O)(=O)CCCC(=O)Nc2nc3ccc(F)cc3s2)cc1. The second-order valence-electron chi connectivity index (χ2n) is 5.91. The average Bonchev–Trinajstić information content (AvgIpc) is 2.96. The van der Waals surface area contributed by atoms with Crippen molar-refractivity contribution in [1.82, 2.24) is 4.98 Å². The maximum atomic E-state index is 13.2. The van der Waals surface area contributed by atoms with Gasteiger partial charge in [0.25, 0.3) is 0 Å². The van der Waals surface area contributed by atoms with Gasteiger partial charge in [-0.1, -0.05) is 29.0 Å². The lowest BCUT2D eigenvalue weighted by Gasteiger charge is -2.05. The molecule has 0 aliphatic carbocycles. The third kappa shape index (κ3) is 4.44. The molecule has 1 aromatic heterocycles. The molecule has 0 aliphatic heterocycles. The lowest BCUT2D eigenvalue weighted by atomic mass is 10.2. The Morgan fingerprint density at radius 1 is 1.19 bits per heavy atom. The van der Waals surface area contributed by atoms with Crippen molar-refractivity contribution in [2.75, 3.05) is 11.1 Å². The number of fused-ring (bicyclic) bond motifs is 1. The lowest BCUT2D eigenvalue weighted by Crippen LogP contribution is -2.14. The standard InChI is InChI=1S/C18H17FN2O3S2/c1-12-4-7-14(8-5-12)26(23,24)10-2-3-17(22)21-18-20-15-9-6-13(19)11-16(15)25-18/h4-9,11H,2-3,10H2,1H3,(H,20,21,22). The number of aromatic nitrogens is 1. The summed E-state index contributed by atoms with van der Waals surface area (Å²) in [7, 11) is -3.41. The van der Waals surface area contributed by atoms with Crippen LogP contribution < -0.4 is 5.32 Å². The Morgan fingerprint density at radius 3 is 2.65 bits per heavy atom. The number of anilines is 1. The molecule has 26 heavy (non-hydrogen) atoms. The molecule has 1 heterocycles. The van der Waals surface area contributed by atoms with Gasteiger partial charge in [0, 0.05) is 6.42 Å². The van der Waals surface area contributed by atoms with Crippen LogP contribution in [-0.4, -0.2) is 25.1 Å². The molecule has 8 heteroatoms. The van der Waals surface area contributed by atoms with Crippen LogP contribution in [0.15, 0.2) is 47.4 Å². The predicted molar refractivity (Wildman–Crippen MR) is 101 cm³/mol. The van der Waals surface area contributed by atoms with Crippen LogP contribution in [0.4, 0.5) is 9.52 Å². The molecule has 0 aliphatic rings. The molecular weight excluding hydrogens is 375 g/mol. The third-order valence-corrected chi connectivity index (χ3v) is 6.54. The zero-order chi connectivity index (χ0) is 18.7. The van der Waals surface area contributed by atoms with Crippen molar-refractivity contribution in [1.29, 1.82) is 0 Å². The van der Waals surface area contributed by atoms with Crippen molar-refractivity contribution >= 4 is 42.4 Å². The number of aryl methyl sites for hydroxylation is 1. The van der Waals surface area contributed by atoms with Gasteiger partial charge < -0.3 is 5.32 Å². The summed E-state index contributed by atoms with van der Waals surface area (Å²) >= 11 is 1.18. The molecule has 0 saturated heterocycles. The highest BCUT2D eigenvalue weighted by Crippen LogP contribution is 2.26. The normalized spacial score (nSPS) is 11.6. The molecule has 0 bridgehead atoms. The topological polar surface area (TPSA) is 76.1 Å². The summed E-state index contributed by atoms with van der Waals surface area (Å²) in [6.45, 7) is 1.89. The van der Waals surface area contributed by atoms with Gasteiger partial charge in [0.2, 0.25) is 5.91 Å². The summed E-state index contributed by atoms with van der Waals surface area (Å²) in [5.74, 6) is -0.780. The number of carbonyl (C=O) groups excluding carboxylic acids is 1. The van der Waals surface area contributed by atoms with Crippen LogP contribution in [0.3, 0.4) is 0 Å². The van der Waals surface area contributed by atoms with Gasteiger partial charge in [-0.25, -0.2) is 17.8 Å². The second kappa shape index (κ2) is 7.51. The van der Waals surface area contributed by atoms with Crippen molar-refractivity contribution in [2.24, 2.45) is 0 Å². The highest BCUT2D eigenvalue weighted by Gasteiger charge is 2.15. The van der Waals surface area contributed by atoms with Gasteiger partial charge >= 0.3 is 0 Å². The van der Waals surface area contributed by atoms with E-state index in [4.69, 9.17) is 0 Å². The second-order valence-corrected chi connectivity index (χ2v) is 9.05. The van der Waals surface area contributed by atoms with Crippen molar-refractivity contribution in [3.63, 3.8) is 0 Å². The van der Waals surface area contributed by atoms with Crippen molar-refractivity contribution in [3.8, 4) is 0 Å². The monoisotopic (exact) mass is 392 g/mol. The number of hydrogen-bond acceptors (Lipinski definition) is 5. The Balaban J connectivity index is 1.55. The number of sulfone groups is 1. The number of rotatable bonds is 6. The molecule has 3 rings (SSSR count). The first-order valence-corrected chi connectivity index (χ1v) is 10.5. The highest BCUT2D eigenvalue weighted by atomic mass is 32.2. The number of hydrogen-bond donors (Lipinski definition) is 1. The van der Waals surface area contributed by atoms with Crippen molar-refractivity contribution < 1.29 is 17.6 Å². The molecule has 1 amide bonds.